The lowest BCUT2D eigenvalue weighted by Gasteiger charge is -2.01. The number of hydrogen-bond donors (Lipinski definition) is 0. The van der Waals surface area contributed by atoms with Crippen molar-refractivity contribution in [2.75, 3.05) is 7.11 Å². The van der Waals surface area contributed by atoms with Crippen LogP contribution in [0.4, 0.5) is 0 Å². The quantitative estimate of drug-likeness (QED) is 0.573. The predicted octanol–water partition coefficient (Wildman–Crippen LogP) is 3.96. The zero-order valence-corrected chi connectivity index (χ0v) is 12.4. The van der Waals surface area contributed by atoms with Crippen LogP contribution in [0.5, 0.6) is 5.75 Å². The van der Waals surface area contributed by atoms with Gasteiger partial charge in [-0.2, -0.15) is 0 Å². The molecule has 0 fully saturated rings. The minimum Gasteiger partial charge on any atom is -0.493 e. The molecular formula is C18H13N3O2. The summed E-state index contributed by atoms with van der Waals surface area (Å²) in [4.78, 5) is 12.9. The van der Waals surface area contributed by atoms with Crippen LogP contribution >= 0.6 is 0 Å². The summed E-state index contributed by atoms with van der Waals surface area (Å²) in [6.07, 6.45) is 5.16. The molecule has 4 aromatic rings. The Morgan fingerprint density at radius 1 is 1.00 bits per heavy atom. The van der Waals surface area contributed by atoms with Crippen LogP contribution in [-0.4, -0.2) is 22.1 Å². The van der Waals surface area contributed by atoms with Crippen LogP contribution in [-0.2, 0) is 0 Å². The van der Waals surface area contributed by atoms with Crippen molar-refractivity contribution in [3.05, 3.63) is 61.1 Å². The van der Waals surface area contributed by atoms with Gasteiger partial charge in [0.15, 0.2) is 22.9 Å². The first-order valence-electron chi connectivity index (χ1n) is 7.15. The molecule has 23 heavy (non-hydrogen) atoms. The van der Waals surface area contributed by atoms with E-state index in [-0.39, 0.29) is 0 Å². The summed E-state index contributed by atoms with van der Waals surface area (Å²) in [6, 6.07) is 13.3. The highest BCUT2D eigenvalue weighted by Gasteiger charge is 2.12. The molecule has 0 aliphatic heterocycles. The molecule has 0 saturated carbocycles. The molecular weight excluding hydrogens is 290 g/mol. The van der Waals surface area contributed by atoms with E-state index in [1.807, 2.05) is 42.5 Å². The highest BCUT2D eigenvalue weighted by Crippen LogP contribution is 2.32. The van der Waals surface area contributed by atoms with Crippen LogP contribution in [0.15, 0.2) is 65.5 Å². The molecule has 5 heteroatoms. The van der Waals surface area contributed by atoms with Crippen molar-refractivity contribution < 1.29 is 9.15 Å². The summed E-state index contributed by atoms with van der Waals surface area (Å²) in [5.41, 5.74) is 2.36. The van der Waals surface area contributed by atoms with E-state index in [1.54, 1.807) is 25.7 Å². The number of pyridine rings is 1. The highest BCUT2D eigenvalue weighted by molar-refractivity contribution is 5.87. The largest absolute Gasteiger partial charge is 0.493 e. The minimum absolute atomic E-state index is 0.636. The van der Waals surface area contributed by atoms with E-state index in [0.717, 1.165) is 16.6 Å². The Hall–Kier alpha value is -3.21. The Bertz CT molecular complexity index is 964. The number of fused-ring (bicyclic) bond motifs is 1. The Morgan fingerprint density at radius 3 is 2.70 bits per heavy atom. The molecule has 112 valence electrons. The van der Waals surface area contributed by atoms with Crippen molar-refractivity contribution in [1.82, 2.24) is 15.0 Å². The standard InChI is InChI=1S/C18H13N3O2/c1-22-15-4-2-3-13-11-16(23-17(13)15)14-7-10-20-18(21-14)12-5-8-19-9-6-12/h2-11H,1H3. The van der Waals surface area contributed by atoms with Crippen LogP contribution < -0.4 is 4.74 Å². The lowest BCUT2D eigenvalue weighted by molar-refractivity contribution is 0.411. The lowest BCUT2D eigenvalue weighted by atomic mass is 10.2. The molecule has 3 aromatic heterocycles. The van der Waals surface area contributed by atoms with Gasteiger partial charge in [0.05, 0.1) is 7.11 Å². The number of rotatable bonds is 3. The Morgan fingerprint density at radius 2 is 1.87 bits per heavy atom. The molecule has 0 saturated heterocycles. The molecule has 0 aliphatic rings. The second-order valence-electron chi connectivity index (χ2n) is 4.99. The van der Waals surface area contributed by atoms with Crippen molar-refractivity contribution in [2.24, 2.45) is 0 Å². The van der Waals surface area contributed by atoms with E-state index in [4.69, 9.17) is 9.15 Å². The second-order valence-corrected chi connectivity index (χ2v) is 4.99. The van der Waals surface area contributed by atoms with Gasteiger partial charge >= 0.3 is 0 Å². The topological polar surface area (TPSA) is 61.0 Å². The van der Waals surface area contributed by atoms with Gasteiger partial charge in [-0.3, -0.25) is 4.98 Å². The molecule has 1 aromatic carbocycles. The zero-order valence-electron chi connectivity index (χ0n) is 12.4. The SMILES string of the molecule is COc1cccc2cc(-c3ccnc(-c4ccncc4)n3)oc12. The van der Waals surface area contributed by atoms with Gasteiger partial charge in [-0.1, -0.05) is 12.1 Å². The van der Waals surface area contributed by atoms with Gasteiger partial charge in [0.2, 0.25) is 0 Å². The normalized spacial score (nSPS) is 10.8. The maximum atomic E-state index is 5.94. The van der Waals surface area contributed by atoms with Crippen LogP contribution in [0, 0.1) is 0 Å². The lowest BCUT2D eigenvalue weighted by Crippen LogP contribution is -1.90. The van der Waals surface area contributed by atoms with Gasteiger partial charge in [-0.05, 0) is 30.3 Å². The van der Waals surface area contributed by atoms with Gasteiger partial charge in [-0.25, -0.2) is 9.97 Å². The molecule has 0 unspecified atom stereocenters. The molecule has 0 N–H and O–H groups in total. The van der Waals surface area contributed by atoms with E-state index in [2.05, 4.69) is 15.0 Å². The second kappa shape index (κ2) is 5.53. The van der Waals surface area contributed by atoms with E-state index in [0.29, 0.717) is 22.9 Å². The van der Waals surface area contributed by atoms with Crippen LogP contribution in [0.25, 0.3) is 33.8 Å². The molecule has 3 heterocycles. The number of methoxy groups -OCH3 is 1. The van der Waals surface area contributed by atoms with Gasteiger partial charge in [-0.15, -0.1) is 0 Å². The average molecular weight is 303 g/mol. The number of furan rings is 1. The van der Waals surface area contributed by atoms with Gasteiger partial charge < -0.3 is 9.15 Å². The molecule has 0 aliphatic carbocycles. The molecule has 0 atom stereocenters. The first-order chi connectivity index (χ1) is 11.3. The van der Waals surface area contributed by atoms with E-state index < -0.39 is 0 Å². The molecule has 0 spiro atoms. The van der Waals surface area contributed by atoms with Gasteiger partial charge in [0, 0.05) is 29.5 Å². The Labute approximate surface area is 132 Å². The summed E-state index contributed by atoms with van der Waals surface area (Å²) >= 11 is 0. The summed E-state index contributed by atoms with van der Waals surface area (Å²) in [6.45, 7) is 0. The van der Waals surface area contributed by atoms with Gasteiger partial charge in [0.25, 0.3) is 0 Å². The van der Waals surface area contributed by atoms with E-state index >= 15 is 0 Å². The number of ether oxygens (including phenoxy) is 1. The summed E-state index contributed by atoms with van der Waals surface area (Å²) in [5.74, 6) is 2.02. The van der Waals surface area contributed by atoms with Crippen LogP contribution in [0.2, 0.25) is 0 Å². The average Bonchev–Trinajstić information content (AvgIpc) is 3.07. The Balaban J connectivity index is 1.82. The first kappa shape index (κ1) is 13.5. The predicted molar refractivity (Wildman–Crippen MR) is 87.0 cm³/mol. The van der Waals surface area contributed by atoms with Crippen molar-refractivity contribution in [3.8, 4) is 28.6 Å². The molecule has 5 nitrogen and oxygen atoms in total. The molecule has 0 radical (unpaired) electrons. The molecule has 0 bridgehead atoms. The highest BCUT2D eigenvalue weighted by atomic mass is 16.5. The minimum atomic E-state index is 0.636. The third-order valence-electron chi connectivity index (χ3n) is 3.57. The van der Waals surface area contributed by atoms with E-state index in [1.165, 1.54) is 0 Å². The Kier molecular flexibility index (Phi) is 3.24. The van der Waals surface area contributed by atoms with Crippen molar-refractivity contribution >= 4 is 11.0 Å². The number of para-hydroxylation sites is 1. The number of aromatic nitrogens is 3. The summed E-state index contributed by atoms with van der Waals surface area (Å²) < 4.78 is 11.3. The fourth-order valence-corrected chi connectivity index (χ4v) is 2.46. The van der Waals surface area contributed by atoms with E-state index in [9.17, 15) is 0 Å². The summed E-state index contributed by atoms with van der Waals surface area (Å²) in [7, 11) is 1.63. The maximum Gasteiger partial charge on any atom is 0.176 e. The third kappa shape index (κ3) is 2.42. The van der Waals surface area contributed by atoms with Crippen molar-refractivity contribution in [1.29, 1.82) is 0 Å². The molecule has 0 amide bonds. The smallest absolute Gasteiger partial charge is 0.176 e. The van der Waals surface area contributed by atoms with Gasteiger partial charge in [0.1, 0.15) is 5.69 Å². The number of benzene rings is 1. The summed E-state index contributed by atoms with van der Waals surface area (Å²) in [5, 5.41) is 0.975. The van der Waals surface area contributed by atoms with Crippen molar-refractivity contribution in [3.63, 3.8) is 0 Å². The number of nitrogens with zero attached hydrogens (tertiary/aromatic N) is 3. The number of hydrogen-bond acceptors (Lipinski definition) is 5. The molecule has 4 rings (SSSR count). The zero-order chi connectivity index (χ0) is 15.6. The third-order valence-corrected chi connectivity index (χ3v) is 3.57. The fourth-order valence-electron chi connectivity index (χ4n) is 2.46. The first-order valence-corrected chi connectivity index (χ1v) is 7.15. The monoisotopic (exact) mass is 303 g/mol. The van der Waals surface area contributed by atoms with Crippen LogP contribution in [0.3, 0.4) is 0 Å². The van der Waals surface area contributed by atoms with Crippen molar-refractivity contribution in [2.45, 2.75) is 0 Å². The fraction of sp³-hybridized carbons (Fsp3) is 0.0556. The maximum absolute atomic E-state index is 5.94. The van der Waals surface area contributed by atoms with Crippen LogP contribution in [0.1, 0.15) is 0 Å².